The zero-order valence-corrected chi connectivity index (χ0v) is 8.47. The molecular formula is C11H9NO4. The summed E-state index contributed by atoms with van der Waals surface area (Å²) in [5, 5.41) is 19.5. The highest BCUT2D eigenvalue weighted by Crippen LogP contribution is 2.30. The van der Waals surface area contributed by atoms with Gasteiger partial charge in [0.1, 0.15) is 22.6 Å². The third-order valence-corrected chi connectivity index (χ3v) is 2.25. The van der Waals surface area contributed by atoms with Gasteiger partial charge in [0.05, 0.1) is 13.3 Å². The maximum atomic E-state index is 11.5. The van der Waals surface area contributed by atoms with E-state index in [1.165, 1.54) is 13.2 Å². The first-order valence-corrected chi connectivity index (χ1v) is 4.53. The number of esters is 1. The largest absolute Gasteiger partial charge is 0.506 e. The van der Waals surface area contributed by atoms with E-state index in [1.807, 2.05) is 0 Å². The van der Waals surface area contributed by atoms with E-state index in [1.54, 1.807) is 12.1 Å². The van der Waals surface area contributed by atoms with Gasteiger partial charge in [-0.05, 0) is 6.07 Å². The summed E-state index contributed by atoms with van der Waals surface area (Å²) in [6.45, 7) is 0. The SMILES string of the molecule is COC(=O)c1c(O)cnc2c(O)cccc12. The molecule has 0 unspecified atom stereocenters. The summed E-state index contributed by atoms with van der Waals surface area (Å²) in [5.74, 6) is -0.997. The molecule has 0 amide bonds. The van der Waals surface area contributed by atoms with Gasteiger partial charge in [-0.2, -0.15) is 0 Å². The predicted molar refractivity (Wildman–Crippen MR) is 56.4 cm³/mol. The summed E-state index contributed by atoms with van der Waals surface area (Å²) in [5.41, 5.74) is 0.254. The molecule has 0 fully saturated rings. The van der Waals surface area contributed by atoms with Gasteiger partial charge in [-0.1, -0.05) is 12.1 Å². The van der Waals surface area contributed by atoms with Crippen LogP contribution in [0.5, 0.6) is 11.5 Å². The molecule has 0 saturated carbocycles. The molecule has 5 heteroatoms. The van der Waals surface area contributed by atoms with Crippen molar-refractivity contribution in [3.8, 4) is 11.5 Å². The molecule has 82 valence electrons. The number of phenolic OH excluding ortho intramolecular Hbond substituents is 1. The lowest BCUT2D eigenvalue weighted by atomic mass is 10.1. The third kappa shape index (κ3) is 1.42. The summed E-state index contributed by atoms with van der Waals surface area (Å²) in [6, 6.07) is 4.59. The normalized spacial score (nSPS) is 10.3. The van der Waals surface area contributed by atoms with Crippen LogP contribution >= 0.6 is 0 Å². The van der Waals surface area contributed by atoms with E-state index in [0.717, 1.165) is 6.20 Å². The van der Waals surface area contributed by atoms with E-state index in [9.17, 15) is 15.0 Å². The molecule has 0 radical (unpaired) electrons. The molecule has 2 rings (SSSR count). The number of benzene rings is 1. The topological polar surface area (TPSA) is 79.7 Å². The van der Waals surface area contributed by atoms with Crippen molar-refractivity contribution in [3.05, 3.63) is 30.0 Å². The number of rotatable bonds is 1. The Morgan fingerprint density at radius 3 is 2.75 bits per heavy atom. The smallest absolute Gasteiger partial charge is 0.342 e. The monoisotopic (exact) mass is 219 g/mol. The highest BCUT2D eigenvalue weighted by atomic mass is 16.5. The molecule has 2 aromatic rings. The van der Waals surface area contributed by atoms with Crippen LogP contribution in [0.4, 0.5) is 0 Å². The van der Waals surface area contributed by atoms with E-state index in [-0.39, 0.29) is 22.6 Å². The van der Waals surface area contributed by atoms with Crippen LogP contribution in [0.2, 0.25) is 0 Å². The first kappa shape index (κ1) is 10.2. The van der Waals surface area contributed by atoms with Gasteiger partial charge in [-0.25, -0.2) is 9.78 Å². The van der Waals surface area contributed by atoms with Crippen molar-refractivity contribution in [1.29, 1.82) is 0 Å². The molecule has 0 aliphatic rings. The molecule has 0 saturated heterocycles. The highest BCUT2D eigenvalue weighted by molar-refractivity contribution is 6.06. The van der Waals surface area contributed by atoms with Gasteiger partial charge < -0.3 is 14.9 Å². The molecular weight excluding hydrogens is 210 g/mol. The number of carbonyl (C=O) groups excluding carboxylic acids is 1. The van der Waals surface area contributed by atoms with Crippen LogP contribution in [0.25, 0.3) is 10.9 Å². The molecule has 2 N–H and O–H groups in total. The van der Waals surface area contributed by atoms with E-state index < -0.39 is 5.97 Å². The minimum Gasteiger partial charge on any atom is -0.506 e. The fourth-order valence-corrected chi connectivity index (χ4v) is 1.51. The Hall–Kier alpha value is -2.30. The van der Waals surface area contributed by atoms with Gasteiger partial charge >= 0.3 is 5.97 Å². The van der Waals surface area contributed by atoms with Crippen LogP contribution in [-0.2, 0) is 4.74 Å². The Bertz CT molecular complexity index is 565. The fraction of sp³-hybridized carbons (Fsp3) is 0.0909. The van der Waals surface area contributed by atoms with Gasteiger partial charge in [-0.3, -0.25) is 0 Å². The van der Waals surface area contributed by atoms with Crippen molar-refractivity contribution in [2.75, 3.05) is 7.11 Å². The molecule has 5 nitrogen and oxygen atoms in total. The molecule has 16 heavy (non-hydrogen) atoms. The van der Waals surface area contributed by atoms with Crippen molar-refractivity contribution in [2.24, 2.45) is 0 Å². The number of phenols is 1. The Labute approximate surface area is 90.9 Å². The average Bonchev–Trinajstić information content (AvgIpc) is 2.28. The molecule has 1 aromatic carbocycles. The van der Waals surface area contributed by atoms with Gasteiger partial charge in [-0.15, -0.1) is 0 Å². The van der Waals surface area contributed by atoms with Gasteiger partial charge in [0.15, 0.2) is 0 Å². The van der Waals surface area contributed by atoms with Crippen LogP contribution in [0, 0.1) is 0 Å². The number of methoxy groups -OCH3 is 1. The van der Waals surface area contributed by atoms with Crippen molar-refractivity contribution < 1.29 is 19.7 Å². The number of aromatic nitrogens is 1. The third-order valence-electron chi connectivity index (χ3n) is 2.25. The molecule has 0 aliphatic heterocycles. The van der Waals surface area contributed by atoms with Crippen LogP contribution in [0.3, 0.4) is 0 Å². The van der Waals surface area contributed by atoms with E-state index in [4.69, 9.17) is 0 Å². The second kappa shape index (κ2) is 3.69. The van der Waals surface area contributed by atoms with Crippen LogP contribution in [0.15, 0.2) is 24.4 Å². The van der Waals surface area contributed by atoms with Gasteiger partial charge in [0.25, 0.3) is 0 Å². The van der Waals surface area contributed by atoms with Crippen molar-refractivity contribution in [3.63, 3.8) is 0 Å². The molecule has 0 aliphatic carbocycles. The predicted octanol–water partition coefficient (Wildman–Crippen LogP) is 1.43. The van der Waals surface area contributed by atoms with Crippen molar-refractivity contribution in [1.82, 2.24) is 4.98 Å². The number of carbonyl (C=O) groups is 1. The maximum absolute atomic E-state index is 11.5. The first-order chi connectivity index (χ1) is 7.65. The number of fused-ring (bicyclic) bond motifs is 1. The molecule has 1 heterocycles. The highest BCUT2D eigenvalue weighted by Gasteiger charge is 2.17. The van der Waals surface area contributed by atoms with Crippen LogP contribution in [0.1, 0.15) is 10.4 Å². The summed E-state index contributed by atoms with van der Waals surface area (Å²) in [7, 11) is 1.22. The maximum Gasteiger partial charge on any atom is 0.342 e. The minimum atomic E-state index is -0.671. The summed E-state index contributed by atoms with van der Waals surface area (Å²) >= 11 is 0. The van der Waals surface area contributed by atoms with E-state index in [0.29, 0.717) is 5.39 Å². The fourth-order valence-electron chi connectivity index (χ4n) is 1.51. The Kier molecular flexibility index (Phi) is 2.36. The quantitative estimate of drug-likeness (QED) is 0.709. The zero-order chi connectivity index (χ0) is 11.7. The number of hydrogen-bond acceptors (Lipinski definition) is 5. The molecule has 0 bridgehead atoms. The number of aromatic hydroxyl groups is 2. The van der Waals surface area contributed by atoms with Gasteiger partial charge in [0.2, 0.25) is 0 Å². The Morgan fingerprint density at radius 1 is 1.31 bits per heavy atom. The standard InChI is InChI=1S/C11H9NO4/c1-16-11(15)9-6-3-2-4-7(13)10(6)12-5-8(9)14/h2-5,13-14H,1H3. The lowest BCUT2D eigenvalue weighted by Gasteiger charge is -2.07. The van der Waals surface area contributed by atoms with Crippen molar-refractivity contribution in [2.45, 2.75) is 0 Å². The lowest BCUT2D eigenvalue weighted by molar-refractivity contribution is 0.0599. The number of para-hydroxylation sites is 1. The molecule has 0 atom stereocenters. The van der Waals surface area contributed by atoms with Crippen molar-refractivity contribution >= 4 is 16.9 Å². The van der Waals surface area contributed by atoms with Crippen LogP contribution < -0.4 is 0 Å². The van der Waals surface area contributed by atoms with Crippen LogP contribution in [-0.4, -0.2) is 28.3 Å². The number of pyridine rings is 1. The average molecular weight is 219 g/mol. The lowest BCUT2D eigenvalue weighted by Crippen LogP contribution is -2.03. The minimum absolute atomic E-state index is 0.00315. The number of hydrogen-bond donors (Lipinski definition) is 2. The molecule has 0 spiro atoms. The molecule has 1 aromatic heterocycles. The van der Waals surface area contributed by atoms with E-state index in [2.05, 4.69) is 9.72 Å². The Morgan fingerprint density at radius 2 is 2.06 bits per heavy atom. The first-order valence-electron chi connectivity index (χ1n) is 4.53. The zero-order valence-electron chi connectivity index (χ0n) is 8.47. The van der Waals surface area contributed by atoms with Gasteiger partial charge in [0, 0.05) is 5.39 Å². The second-order valence-corrected chi connectivity index (χ2v) is 3.18. The second-order valence-electron chi connectivity index (χ2n) is 3.18. The Balaban J connectivity index is 2.85. The summed E-state index contributed by atoms with van der Waals surface area (Å²) in [4.78, 5) is 15.3. The van der Waals surface area contributed by atoms with E-state index >= 15 is 0 Å². The summed E-state index contributed by atoms with van der Waals surface area (Å²) in [6.07, 6.45) is 1.11. The number of ether oxygens (including phenoxy) is 1. The number of nitrogens with zero attached hydrogens (tertiary/aromatic N) is 1. The summed E-state index contributed by atoms with van der Waals surface area (Å²) < 4.78 is 4.56.